The summed E-state index contributed by atoms with van der Waals surface area (Å²) in [6.07, 6.45) is 4.27. The summed E-state index contributed by atoms with van der Waals surface area (Å²) in [6, 6.07) is 3.77. The number of thiazole rings is 1. The molecule has 1 N–H and O–H groups in total. The molecule has 1 aliphatic rings. The Kier molecular flexibility index (Phi) is 5.34. The van der Waals surface area contributed by atoms with E-state index in [1.807, 2.05) is 0 Å². The van der Waals surface area contributed by atoms with Crippen LogP contribution >= 0.6 is 11.3 Å². The molecule has 1 fully saturated rings. The van der Waals surface area contributed by atoms with Gasteiger partial charge >= 0.3 is 0 Å². The molecule has 1 unspecified atom stereocenters. The average molecular weight is 415 g/mol. The molecule has 1 aliphatic heterocycles. The Hall–Kier alpha value is -3.14. The largest absolute Gasteiger partial charge is 0.340 e. The zero-order valence-corrected chi connectivity index (χ0v) is 16.2. The molecule has 0 aliphatic carbocycles. The summed E-state index contributed by atoms with van der Waals surface area (Å²) in [5.41, 5.74) is -0.102. The minimum absolute atomic E-state index is 0.125. The Balaban J connectivity index is 1.45. The van der Waals surface area contributed by atoms with Gasteiger partial charge in [-0.05, 0) is 31.0 Å². The molecule has 0 bridgehead atoms. The van der Waals surface area contributed by atoms with Crippen LogP contribution < -0.4 is 10.9 Å². The van der Waals surface area contributed by atoms with E-state index in [0.29, 0.717) is 30.0 Å². The van der Waals surface area contributed by atoms with Gasteiger partial charge < -0.3 is 10.2 Å². The quantitative estimate of drug-likeness (QED) is 0.702. The molecular formula is C19H18FN5O3S. The highest BCUT2D eigenvalue weighted by atomic mass is 32.1. The van der Waals surface area contributed by atoms with Crippen LogP contribution in [-0.4, -0.2) is 44.3 Å². The first kappa shape index (κ1) is 19.2. The Morgan fingerprint density at radius 3 is 2.97 bits per heavy atom. The molecule has 1 aromatic carbocycles. The zero-order chi connectivity index (χ0) is 20.4. The number of halogens is 1. The molecule has 150 valence electrons. The molecule has 10 heteroatoms. The lowest BCUT2D eigenvalue weighted by Crippen LogP contribution is -2.45. The van der Waals surface area contributed by atoms with Crippen molar-refractivity contribution in [1.82, 2.24) is 19.4 Å². The number of likely N-dealkylation sites (tertiary alicyclic amines) is 1. The van der Waals surface area contributed by atoms with Crippen molar-refractivity contribution in [2.45, 2.75) is 19.4 Å². The summed E-state index contributed by atoms with van der Waals surface area (Å²) < 4.78 is 14.6. The summed E-state index contributed by atoms with van der Waals surface area (Å²) in [6.45, 7) is 0.587. The minimum Gasteiger partial charge on any atom is -0.340 e. The fourth-order valence-electron chi connectivity index (χ4n) is 3.40. The molecule has 8 nitrogen and oxygen atoms in total. The second-order valence-electron chi connectivity index (χ2n) is 6.84. The van der Waals surface area contributed by atoms with Gasteiger partial charge in [0.15, 0.2) is 5.13 Å². The van der Waals surface area contributed by atoms with Gasteiger partial charge in [0.1, 0.15) is 12.4 Å². The van der Waals surface area contributed by atoms with Crippen LogP contribution in [0, 0.1) is 11.7 Å². The predicted octanol–water partition coefficient (Wildman–Crippen LogP) is 1.87. The van der Waals surface area contributed by atoms with Gasteiger partial charge in [0.05, 0.1) is 23.1 Å². The summed E-state index contributed by atoms with van der Waals surface area (Å²) in [5, 5.41) is 5.19. The average Bonchev–Trinajstić information content (AvgIpc) is 3.23. The molecular weight excluding hydrogens is 397 g/mol. The molecule has 29 heavy (non-hydrogen) atoms. The van der Waals surface area contributed by atoms with Crippen LogP contribution in [0.1, 0.15) is 12.8 Å². The van der Waals surface area contributed by atoms with Crippen molar-refractivity contribution in [2.75, 3.05) is 18.4 Å². The van der Waals surface area contributed by atoms with Crippen LogP contribution in [0.25, 0.3) is 10.9 Å². The first-order chi connectivity index (χ1) is 14.0. The second kappa shape index (κ2) is 8.08. The van der Waals surface area contributed by atoms with Crippen molar-refractivity contribution in [3.8, 4) is 0 Å². The van der Waals surface area contributed by atoms with Crippen LogP contribution in [-0.2, 0) is 16.1 Å². The van der Waals surface area contributed by atoms with E-state index < -0.39 is 11.4 Å². The van der Waals surface area contributed by atoms with Gasteiger partial charge in [0.2, 0.25) is 11.8 Å². The molecule has 4 rings (SSSR count). The number of anilines is 1. The summed E-state index contributed by atoms with van der Waals surface area (Å²) in [4.78, 5) is 47.5. The van der Waals surface area contributed by atoms with Gasteiger partial charge in [-0.2, -0.15) is 0 Å². The molecule has 0 saturated carbocycles. The zero-order valence-electron chi connectivity index (χ0n) is 15.4. The number of nitrogens with one attached hydrogen (secondary N) is 1. The third kappa shape index (κ3) is 4.16. The van der Waals surface area contributed by atoms with Gasteiger partial charge in [0, 0.05) is 24.7 Å². The van der Waals surface area contributed by atoms with Crippen molar-refractivity contribution >= 4 is 39.2 Å². The highest BCUT2D eigenvalue weighted by Crippen LogP contribution is 2.20. The molecule has 1 atom stereocenters. The molecule has 2 aromatic heterocycles. The summed E-state index contributed by atoms with van der Waals surface area (Å²) in [5.74, 6) is -1.32. The maximum atomic E-state index is 13.5. The van der Waals surface area contributed by atoms with Gasteiger partial charge in [-0.3, -0.25) is 19.0 Å². The molecule has 3 heterocycles. The van der Waals surface area contributed by atoms with Crippen LogP contribution in [0.4, 0.5) is 9.52 Å². The minimum atomic E-state index is -0.536. The number of benzene rings is 1. The Bertz CT molecular complexity index is 1110. The lowest BCUT2D eigenvalue weighted by atomic mass is 9.97. The highest BCUT2D eigenvalue weighted by molar-refractivity contribution is 7.13. The van der Waals surface area contributed by atoms with Gasteiger partial charge in [-0.25, -0.2) is 14.4 Å². The van der Waals surface area contributed by atoms with E-state index >= 15 is 0 Å². The van der Waals surface area contributed by atoms with Gasteiger partial charge in [0.25, 0.3) is 5.56 Å². The maximum absolute atomic E-state index is 13.5. The highest BCUT2D eigenvalue weighted by Gasteiger charge is 2.29. The third-order valence-electron chi connectivity index (χ3n) is 4.90. The lowest BCUT2D eigenvalue weighted by Gasteiger charge is -2.32. The standard InChI is InChI=1S/C19H18FN5O3S/c20-13-3-4-15-14(8-13)18(28)25(11-22-15)10-16(26)24-6-1-2-12(9-24)17(27)23-19-21-5-7-29-19/h3-5,7-8,11-12H,1-2,6,9-10H2,(H,21,23,27). The summed E-state index contributed by atoms with van der Waals surface area (Å²) >= 11 is 1.33. The normalized spacial score (nSPS) is 16.7. The van der Waals surface area contributed by atoms with Crippen molar-refractivity contribution in [3.63, 3.8) is 0 Å². The fraction of sp³-hybridized carbons (Fsp3) is 0.316. The number of rotatable bonds is 4. The molecule has 3 aromatic rings. The van der Waals surface area contributed by atoms with E-state index in [1.165, 1.54) is 34.4 Å². The summed E-state index contributed by atoms with van der Waals surface area (Å²) in [7, 11) is 0. The van der Waals surface area contributed by atoms with Crippen molar-refractivity contribution < 1.29 is 14.0 Å². The van der Waals surface area contributed by atoms with E-state index in [1.54, 1.807) is 16.5 Å². The second-order valence-corrected chi connectivity index (χ2v) is 7.74. The number of carbonyl (C=O) groups excluding carboxylic acids is 2. The van der Waals surface area contributed by atoms with E-state index in [9.17, 15) is 18.8 Å². The first-order valence-corrected chi connectivity index (χ1v) is 10.0. The fourth-order valence-corrected chi connectivity index (χ4v) is 3.93. The van der Waals surface area contributed by atoms with Crippen LogP contribution in [0.5, 0.6) is 0 Å². The number of carbonyl (C=O) groups is 2. The van der Waals surface area contributed by atoms with Crippen molar-refractivity contribution in [2.24, 2.45) is 5.92 Å². The lowest BCUT2D eigenvalue weighted by molar-refractivity contribution is -0.135. The first-order valence-electron chi connectivity index (χ1n) is 9.14. The van der Waals surface area contributed by atoms with Crippen LogP contribution in [0.15, 0.2) is 40.9 Å². The monoisotopic (exact) mass is 415 g/mol. The number of amides is 2. The Morgan fingerprint density at radius 2 is 2.17 bits per heavy atom. The number of hydrogen-bond donors (Lipinski definition) is 1. The number of piperidine rings is 1. The van der Waals surface area contributed by atoms with Gasteiger partial charge in [-0.1, -0.05) is 0 Å². The van der Waals surface area contributed by atoms with Gasteiger partial charge in [-0.15, -0.1) is 11.3 Å². The SMILES string of the molecule is O=C(Nc1nccs1)C1CCCN(C(=O)Cn2cnc3ccc(F)cc3c2=O)C1. The third-order valence-corrected chi connectivity index (χ3v) is 5.59. The van der Waals surface area contributed by atoms with Crippen molar-refractivity contribution in [1.29, 1.82) is 0 Å². The van der Waals surface area contributed by atoms with E-state index in [2.05, 4.69) is 15.3 Å². The Morgan fingerprint density at radius 1 is 1.31 bits per heavy atom. The van der Waals surface area contributed by atoms with E-state index in [-0.39, 0.29) is 36.2 Å². The number of fused-ring (bicyclic) bond motifs is 1. The molecule has 2 amide bonds. The van der Waals surface area contributed by atoms with Crippen molar-refractivity contribution in [3.05, 3.63) is 52.3 Å². The van der Waals surface area contributed by atoms with E-state index in [0.717, 1.165) is 6.07 Å². The van der Waals surface area contributed by atoms with E-state index in [4.69, 9.17) is 0 Å². The number of nitrogens with zero attached hydrogens (tertiary/aromatic N) is 4. The topological polar surface area (TPSA) is 97.2 Å². The molecule has 0 spiro atoms. The molecule has 1 saturated heterocycles. The van der Waals surface area contributed by atoms with Crippen LogP contribution in [0.2, 0.25) is 0 Å². The number of aromatic nitrogens is 3. The Labute approximate surface area is 169 Å². The predicted molar refractivity (Wildman–Crippen MR) is 106 cm³/mol. The number of hydrogen-bond acceptors (Lipinski definition) is 6. The maximum Gasteiger partial charge on any atom is 0.261 e. The van der Waals surface area contributed by atoms with Crippen LogP contribution in [0.3, 0.4) is 0 Å². The smallest absolute Gasteiger partial charge is 0.261 e. The molecule has 0 radical (unpaired) electrons.